The van der Waals surface area contributed by atoms with Crippen LogP contribution < -0.4 is 21.3 Å². The van der Waals surface area contributed by atoms with Gasteiger partial charge in [0.25, 0.3) is 5.91 Å². The van der Waals surface area contributed by atoms with Crippen LogP contribution in [0.1, 0.15) is 28.4 Å². The van der Waals surface area contributed by atoms with Crippen LogP contribution in [0.15, 0.2) is 45.9 Å². The second kappa shape index (κ2) is 11.9. The molecule has 0 aromatic heterocycles. The minimum atomic E-state index is -1.20. The van der Waals surface area contributed by atoms with E-state index < -0.39 is 42.9 Å². The summed E-state index contributed by atoms with van der Waals surface area (Å²) < 4.78 is 0.247. The number of aliphatic carboxylic acids is 1. The Hall–Kier alpha value is -3.35. The first-order chi connectivity index (χ1) is 16.6. The second-order valence-electron chi connectivity index (χ2n) is 7.66. The van der Waals surface area contributed by atoms with Crippen molar-refractivity contribution in [2.75, 3.05) is 25.0 Å². The number of hydrogen-bond donors (Lipinski definition) is 7. The van der Waals surface area contributed by atoms with Crippen LogP contribution in [0.5, 0.6) is 5.75 Å². The van der Waals surface area contributed by atoms with E-state index in [0.29, 0.717) is 18.2 Å². The molecule has 0 fully saturated rings. The molecule has 2 aromatic rings. The highest BCUT2D eigenvalue weighted by atomic mass is 79.9. The van der Waals surface area contributed by atoms with Gasteiger partial charge in [-0.05, 0) is 46.3 Å². The highest BCUT2D eigenvalue weighted by Gasteiger charge is 2.23. The van der Waals surface area contributed by atoms with Gasteiger partial charge in [-0.15, -0.1) is 0 Å². The van der Waals surface area contributed by atoms with Crippen molar-refractivity contribution in [1.29, 1.82) is 0 Å². The van der Waals surface area contributed by atoms with Crippen LogP contribution in [-0.4, -0.2) is 64.8 Å². The fourth-order valence-electron chi connectivity index (χ4n) is 3.26. The zero-order chi connectivity index (χ0) is 25.5. The number of rotatable bonds is 8. The lowest BCUT2D eigenvalue weighted by Gasteiger charge is -2.20. The average Bonchev–Trinajstić information content (AvgIpc) is 2.81. The molecule has 0 spiro atoms. The number of hydrogen-bond acceptors (Lipinski definition) is 8. The zero-order valence-electron chi connectivity index (χ0n) is 18.2. The molecule has 2 amide bonds. The Morgan fingerprint density at radius 1 is 1.26 bits per heavy atom. The number of anilines is 1. The van der Waals surface area contributed by atoms with Gasteiger partial charge < -0.3 is 36.6 Å². The maximum atomic E-state index is 12.6. The van der Waals surface area contributed by atoms with Crippen LogP contribution in [-0.2, 0) is 9.59 Å². The van der Waals surface area contributed by atoms with E-state index in [9.17, 15) is 29.7 Å². The molecule has 7 N–H and O–H groups in total. The highest BCUT2D eigenvalue weighted by Crippen LogP contribution is 2.36. The Bertz CT molecular complexity index is 1160. The average molecular weight is 569 g/mol. The number of aliphatic hydroxyl groups excluding tert-OH is 1. The van der Waals surface area contributed by atoms with E-state index in [-0.39, 0.29) is 32.9 Å². The van der Waals surface area contributed by atoms with Gasteiger partial charge in [0, 0.05) is 28.4 Å². The Morgan fingerprint density at radius 3 is 2.71 bits per heavy atom. The van der Waals surface area contributed by atoms with Gasteiger partial charge in [0.2, 0.25) is 5.91 Å². The van der Waals surface area contributed by atoms with Gasteiger partial charge in [-0.25, -0.2) is 0 Å². The van der Waals surface area contributed by atoms with Crippen molar-refractivity contribution < 1.29 is 29.7 Å². The number of carboxylic acids is 1. The van der Waals surface area contributed by atoms with Crippen LogP contribution in [0, 0.1) is 0 Å². The van der Waals surface area contributed by atoms with E-state index in [2.05, 4.69) is 42.2 Å². The predicted octanol–water partition coefficient (Wildman–Crippen LogP) is 1.60. The third kappa shape index (κ3) is 7.57. The predicted molar refractivity (Wildman–Crippen MR) is 133 cm³/mol. The highest BCUT2D eigenvalue weighted by molar-refractivity contribution is 9.10. The maximum Gasteiger partial charge on any atom is 0.305 e. The number of benzene rings is 2. The van der Waals surface area contributed by atoms with Gasteiger partial charge in [0.1, 0.15) is 5.75 Å². The molecule has 1 aliphatic heterocycles. The zero-order valence-corrected chi connectivity index (χ0v) is 20.6. The minimum Gasteiger partial charge on any atom is -0.506 e. The molecule has 35 heavy (non-hydrogen) atoms. The normalized spacial score (nSPS) is 15.9. The number of aliphatic hydroxyl groups is 1. The van der Waals surface area contributed by atoms with E-state index in [1.807, 2.05) is 0 Å². The summed E-state index contributed by atoms with van der Waals surface area (Å²) in [5.41, 5.74) is 0.975. The lowest BCUT2D eigenvalue weighted by Crippen LogP contribution is -2.42. The van der Waals surface area contributed by atoms with Crippen molar-refractivity contribution in [1.82, 2.24) is 16.0 Å². The number of halogens is 2. The molecule has 186 valence electrons. The number of amides is 2. The van der Waals surface area contributed by atoms with Crippen LogP contribution in [0.4, 0.5) is 5.69 Å². The van der Waals surface area contributed by atoms with Crippen molar-refractivity contribution in [3.05, 3.63) is 57.0 Å². The molecule has 1 heterocycles. The summed E-state index contributed by atoms with van der Waals surface area (Å²) >= 11 is 9.14. The first kappa shape index (κ1) is 26.3. The molecule has 0 saturated heterocycles. The largest absolute Gasteiger partial charge is 0.506 e. The van der Waals surface area contributed by atoms with Gasteiger partial charge >= 0.3 is 5.97 Å². The molecule has 2 aromatic carbocycles. The molecular weight excluding hydrogens is 546 g/mol. The number of carbonyl (C=O) groups is 3. The minimum absolute atomic E-state index is 0.122. The van der Waals surface area contributed by atoms with Crippen LogP contribution >= 0.6 is 27.5 Å². The monoisotopic (exact) mass is 567 g/mol. The quantitative estimate of drug-likeness (QED) is 0.252. The summed E-state index contributed by atoms with van der Waals surface area (Å²) in [5.74, 6) is -2.17. The molecule has 11 nitrogen and oxygen atoms in total. The third-order valence-corrected chi connectivity index (χ3v) is 5.73. The molecule has 0 saturated carbocycles. The second-order valence-corrected chi connectivity index (χ2v) is 8.95. The summed E-state index contributed by atoms with van der Waals surface area (Å²) in [5, 5.41) is 40.2. The number of phenolic OH excluding ortho intramolecular Hbond substituents is 1. The first-order valence-corrected chi connectivity index (χ1v) is 11.6. The topological polar surface area (TPSA) is 172 Å². The van der Waals surface area contributed by atoms with Gasteiger partial charge in [0.15, 0.2) is 5.96 Å². The van der Waals surface area contributed by atoms with Crippen LogP contribution in [0.2, 0.25) is 5.02 Å². The lowest BCUT2D eigenvalue weighted by atomic mass is 10.0. The van der Waals surface area contributed by atoms with Crippen LogP contribution in [0.25, 0.3) is 0 Å². The third-order valence-electron chi connectivity index (χ3n) is 4.91. The van der Waals surface area contributed by atoms with Crippen molar-refractivity contribution in [2.45, 2.75) is 18.6 Å². The van der Waals surface area contributed by atoms with E-state index in [4.69, 9.17) is 11.6 Å². The van der Waals surface area contributed by atoms with Gasteiger partial charge in [-0.1, -0.05) is 17.7 Å². The molecule has 0 radical (unpaired) electrons. The van der Waals surface area contributed by atoms with Crippen molar-refractivity contribution in [3.8, 4) is 5.75 Å². The molecule has 13 heteroatoms. The lowest BCUT2D eigenvalue weighted by molar-refractivity contribution is -0.137. The molecule has 1 unspecified atom stereocenters. The Morgan fingerprint density at radius 2 is 2.03 bits per heavy atom. The number of guanidine groups is 1. The van der Waals surface area contributed by atoms with E-state index >= 15 is 0 Å². The summed E-state index contributed by atoms with van der Waals surface area (Å²) in [7, 11) is 0. The number of aliphatic imine (C=N–C) groups is 1. The van der Waals surface area contributed by atoms with Gasteiger partial charge in [0.05, 0.1) is 36.1 Å². The number of nitrogens with one attached hydrogen (secondary N) is 4. The summed E-state index contributed by atoms with van der Waals surface area (Å²) in [6.45, 7) is 0.187. The molecule has 1 aliphatic rings. The van der Waals surface area contributed by atoms with Crippen molar-refractivity contribution >= 4 is 57.0 Å². The molecule has 0 aliphatic carbocycles. The van der Waals surface area contributed by atoms with E-state index in [1.165, 1.54) is 12.1 Å². The fraction of sp³-hybridized carbons (Fsp3) is 0.273. The summed E-state index contributed by atoms with van der Waals surface area (Å²) in [6.07, 6.45) is -1.06. The smallest absolute Gasteiger partial charge is 0.305 e. The molecule has 2 atom stereocenters. The Balaban J connectivity index is 1.62. The van der Waals surface area contributed by atoms with Gasteiger partial charge in [-0.3, -0.25) is 19.4 Å². The van der Waals surface area contributed by atoms with Crippen molar-refractivity contribution in [2.24, 2.45) is 4.99 Å². The number of nitrogens with zero attached hydrogens (tertiary/aromatic N) is 1. The van der Waals surface area contributed by atoms with Gasteiger partial charge in [-0.2, -0.15) is 0 Å². The van der Waals surface area contributed by atoms with Crippen molar-refractivity contribution in [3.63, 3.8) is 0 Å². The molecular formula is C22H23BrClN5O6. The number of phenols is 1. The van der Waals surface area contributed by atoms with E-state index in [0.717, 1.165) is 0 Å². The number of aromatic hydroxyl groups is 1. The van der Waals surface area contributed by atoms with Crippen LogP contribution in [0.3, 0.4) is 0 Å². The summed E-state index contributed by atoms with van der Waals surface area (Å²) in [4.78, 5) is 40.5. The molecule has 0 bridgehead atoms. The fourth-order valence-corrected chi connectivity index (χ4v) is 4.10. The SMILES string of the molecule is O=C(O)C[C@@H](NC(=O)CNC(=O)c1cccc(NC2=NCC(O)CN2)c1)c1cc(Cl)cc(Br)c1O. The number of carbonyl (C=O) groups excluding carboxylic acids is 2. The Kier molecular flexibility index (Phi) is 8.90. The first-order valence-electron chi connectivity index (χ1n) is 10.4. The summed E-state index contributed by atoms with van der Waals surface area (Å²) in [6, 6.07) is 8.22. The number of β-amino-alcohol motifs (C(OH)–C–C–N with tert-alkyl or cyclic N) is 1. The molecule has 3 rings (SSSR count). The van der Waals surface area contributed by atoms with E-state index in [1.54, 1.807) is 24.3 Å². The standard InChI is InChI=1S/C22H23BrClN5O6/c23-16-6-12(24)5-15(20(16)34)17(7-19(32)33)29-18(31)10-25-21(35)11-2-1-3-13(4-11)28-22-26-8-14(30)9-27-22/h1-6,14,17,30,34H,7-10H2,(H,25,35)(H,29,31)(H,32,33)(H2,26,27,28)/t17-/m1/s1. The maximum absolute atomic E-state index is 12.6. The Labute approximate surface area is 213 Å². The number of carboxylic acid groups (broad SMARTS) is 1.